The summed E-state index contributed by atoms with van der Waals surface area (Å²) < 4.78 is 4.46. The average molecular weight is 305 g/mol. The van der Waals surface area contributed by atoms with Gasteiger partial charge in [0.15, 0.2) is 0 Å². The lowest BCUT2D eigenvalue weighted by Gasteiger charge is -2.36. The van der Waals surface area contributed by atoms with E-state index in [0.29, 0.717) is 6.54 Å². The molecule has 1 aromatic carbocycles. The molecule has 0 bridgehead atoms. The lowest BCUT2D eigenvalue weighted by Crippen LogP contribution is -2.48. The summed E-state index contributed by atoms with van der Waals surface area (Å²) >= 11 is 0. The highest BCUT2D eigenvalue weighted by molar-refractivity contribution is 5.82. The molecule has 1 aliphatic heterocycles. The van der Waals surface area contributed by atoms with Gasteiger partial charge < -0.3 is 15.0 Å². The summed E-state index contributed by atoms with van der Waals surface area (Å²) in [5.41, 5.74) is 2.70. The minimum Gasteiger partial charge on any atom is -0.453 e. The molecule has 0 radical (unpaired) electrons. The van der Waals surface area contributed by atoms with Gasteiger partial charge in [0.25, 0.3) is 0 Å². The first-order chi connectivity index (χ1) is 10.5. The second kappa shape index (κ2) is 7.26. The lowest BCUT2D eigenvalue weighted by molar-refractivity contribution is -0.129. The van der Waals surface area contributed by atoms with Gasteiger partial charge in [-0.15, -0.1) is 0 Å². The van der Waals surface area contributed by atoms with Crippen LogP contribution in [0.15, 0.2) is 24.3 Å². The van der Waals surface area contributed by atoms with E-state index in [2.05, 4.69) is 46.3 Å². The Morgan fingerprint density at radius 1 is 1.36 bits per heavy atom. The number of ether oxygens (including phenoxy) is 1. The molecule has 0 fully saturated rings. The van der Waals surface area contributed by atoms with Crippen LogP contribution in [0.1, 0.15) is 11.1 Å². The number of methoxy groups -OCH3 is 1. The second-order valence-electron chi connectivity index (χ2n) is 5.66. The number of carbonyl (C=O) groups excluding carboxylic acids is 2. The third kappa shape index (κ3) is 3.98. The molecule has 1 atom stereocenters. The fourth-order valence-electron chi connectivity index (χ4n) is 2.70. The van der Waals surface area contributed by atoms with Gasteiger partial charge in [0.1, 0.15) is 6.54 Å². The first-order valence-corrected chi connectivity index (χ1v) is 7.34. The molecule has 1 heterocycles. The molecule has 1 aliphatic rings. The molecule has 0 spiro atoms. The third-order valence-corrected chi connectivity index (χ3v) is 4.10. The highest BCUT2D eigenvalue weighted by atomic mass is 16.5. The molecule has 2 amide bonds. The normalized spacial score (nSPS) is 17.5. The van der Waals surface area contributed by atoms with Crippen LogP contribution in [0.25, 0.3) is 0 Å². The lowest BCUT2D eigenvalue weighted by atomic mass is 9.94. The zero-order valence-corrected chi connectivity index (χ0v) is 13.3. The highest BCUT2D eigenvalue weighted by Crippen LogP contribution is 2.22. The number of likely N-dealkylation sites (N-methyl/N-ethyl adjacent to an activating group) is 2. The van der Waals surface area contributed by atoms with Gasteiger partial charge in [-0.3, -0.25) is 9.69 Å². The quantitative estimate of drug-likeness (QED) is 0.896. The molecule has 6 heteroatoms. The summed E-state index contributed by atoms with van der Waals surface area (Å²) in [6.45, 7) is 1.48. The van der Waals surface area contributed by atoms with Gasteiger partial charge in [0.2, 0.25) is 5.91 Å². The highest BCUT2D eigenvalue weighted by Gasteiger charge is 2.25. The Kier molecular flexibility index (Phi) is 5.38. The van der Waals surface area contributed by atoms with Crippen LogP contribution in [0.4, 0.5) is 4.79 Å². The monoisotopic (exact) mass is 305 g/mol. The summed E-state index contributed by atoms with van der Waals surface area (Å²) in [4.78, 5) is 27.0. The van der Waals surface area contributed by atoms with Gasteiger partial charge >= 0.3 is 6.09 Å². The number of alkyl carbamates (subject to hydrolysis) is 1. The maximum Gasteiger partial charge on any atom is 0.407 e. The number of hydrogen-bond donors (Lipinski definition) is 1. The van der Waals surface area contributed by atoms with Crippen LogP contribution in [0.5, 0.6) is 0 Å². The van der Waals surface area contributed by atoms with Gasteiger partial charge in [0, 0.05) is 26.2 Å². The van der Waals surface area contributed by atoms with Crippen LogP contribution < -0.4 is 5.32 Å². The number of hydrogen-bond acceptors (Lipinski definition) is 4. The van der Waals surface area contributed by atoms with Crippen molar-refractivity contribution in [2.75, 3.05) is 34.3 Å². The maximum absolute atomic E-state index is 12.0. The van der Waals surface area contributed by atoms with Crippen molar-refractivity contribution in [3.05, 3.63) is 35.4 Å². The Morgan fingerprint density at radius 3 is 2.73 bits per heavy atom. The van der Waals surface area contributed by atoms with Gasteiger partial charge in [-0.2, -0.15) is 0 Å². The van der Waals surface area contributed by atoms with Crippen molar-refractivity contribution in [1.29, 1.82) is 0 Å². The molecular weight excluding hydrogens is 282 g/mol. The summed E-state index contributed by atoms with van der Waals surface area (Å²) in [6.07, 6.45) is 0.333. The number of benzene rings is 1. The molecule has 0 aromatic heterocycles. The zero-order chi connectivity index (χ0) is 16.1. The van der Waals surface area contributed by atoms with E-state index in [-0.39, 0.29) is 18.5 Å². The van der Waals surface area contributed by atoms with Crippen LogP contribution in [-0.2, 0) is 22.5 Å². The van der Waals surface area contributed by atoms with Crippen molar-refractivity contribution >= 4 is 12.0 Å². The summed E-state index contributed by atoms with van der Waals surface area (Å²) in [5.74, 6) is -0.127. The van der Waals surface area contributed by atoms with Gasteiger partial charge in [-0.25, -0.2) is 4.79 Å². The van der Waals surface area contributed by atoms with Crippen molar-refractivity contribution in [1.82, 2.24) is 15.1 Å². The van der Waals surface area contributed by atoms with Crippen molar-refractivity contribution in [3.8, 4) is 0 Å². The van der Waals surface area contributed by atoms with E-state index < -0.39 is 6.09 Å². The Hall–Kier alpha value is -2.08. The number of rotatable bonds is 4. The summed E-state index contributed by atoms with van der Waals surface area (Å²) in [5, 5.41) is 2.41. The Bertz CT molecular complexity index is 547. The van der Waals surface area contributed by atoms with Crippen LogP contribution in [-0.4, -0.2) is 62.1 Å². The Morgan fingerprint density at radius 2 is 2.05 bits per heavy atom. The number of carbonyl (C=O) groups is 2. The zero-order valence-electron chi connectivity index (χ0n) is 13.3. The van der Waals surface area contributed by atoms with Crippen molar-refractivity contribution in [2.45, 2.75) is 19.0 Å². The van der Waals surface area contributed by atoms with Crippen molar-refractivity contribution in [3.63, 3.8) is 0 Å². The summed E-state index contributed by atoms with van der Waals surface area (Å²) in [7, 11) is 5.11. The molecule has 0 saturated carbocycles. The van der Waals surface area contributed by atoms with E-state index in [1.54, 1.807) is 11.9 Å². The first-order valence-electron chi connectivity index (χ1n) is 7.34. The van der Waals surface area contributed by atoms with Crippen LogP contribution in [0.2, 0.25) is 0 Å². The van der Waals surface area contributed by atoms with Crippen molar-refractivity contribution in [2.24, 2.45) is 0 Å². The smallest absolute Gasteiger partial charge is 0.407 e. The Labute approximate surface area is 131 Å². The predicted octanol–water partition coefficient (Wildman–Crippen LogP) is 0.857. The second-order valence-corrected chi connectivity index (χ2v) is 5.66. The predicted molar refractivity (Wildman–Crippen MR) is 83.4 cm³/mol. The molecule has 120 valence electrons. The fraction of sp³-hybridized carbons (Fsp3) is 0.500. The molecule has 0 unspecified atom stereocenters. The molecule has 22 heavy (non-hydrogen) atoms. The number of fused-ring (bicyclic) bond motifs is 1. The van der Waals surface area contributed by atoms with E-state index in [4.69, 9.17) is 0 Å². The largest absolute Gasteiger partial charge is 0.453 e. The molecule has 2 rings (SSSR count). The van der Waals surface area contributed by atoms with Gasteiger partial charge in [0.05, 0.1) is 7.11 Å². The molecule has 0 aliphatic carbocycles. The Balaban J connectivity index is 1.90. The number of amides is 2. The van der Waals surface area contributed by atoms with Gasteiger partial charge in [-0.05, 0) is 24.6 Å². The first kappa shape index (κ1) is 16.3. The average Bonchev–Trinajstić information content (AvgIpc) is 2.52. The maximum atomic E-state index is 12.0. The van der Waals surface area contributed by atoms with E-state index in [1.165, 1.54) is 18.2 Å². The topological polar surface area (TPSA) is 61.9 Å². The van der Waals surface area contributed by atoms with Crippen molar-refractivity contribution < 1.29 is 14.3 Å². The number of nitrogens with one attached hydrogen (secondary N) is 1. The van der Waals surface area contributed by atoms with Crippen LogP contribution in [0, 0.1) is 0 Å². The van der Waals surface area contributed by atoms with Crippen LogP contribution >= 0.6 is 0 Å². The molecule has 0 saturated heterocycles. The standard InChI is InChI=1S/C16H23N3O3/c1-18-10-13-7-5-4-6-12(13)8-14(18)11-19(2)15(20)9-17-16(21)22-3/h4-7,14H,8-11H2,1-3H3,(H,17,21)/t14-/m0/s1. The van der Waals surface area contributed by atoms with E-state index in [0.717, 1.165) is 13.0 Å². The molecule has 1 N–H and O–H groups in total. The SMILES string of the molecule is COC(=O)NCC(=O)N(C)C[C@@H]1Cc2ccccc2CN1C. The van der Waals surface area contributed by atoms with E-state index in [1.807, 2.05) is 0 Å². The minimum atomic E-state index is -0.592. The van der Waals surface area contributed by atoms with Gasteiger partial charge in [-0.1, -0.05) is 24.3 Å². The minimum absolute atomic E-state index is 0.0454. The van der Waals surface area contributed by atoms with Crippen LogP contribution in [0.3, 0.4) is 0 Å². The molecule has 6 nitrogen and oxygen atoms in total. The van der Waals surface area contributed by atoms with E-state index in [9.17, 15) is 9.59 Å². The number of nitrogens with zero attached hydrogens (tertiary/aromatic N) is 2. The summed E-state index contributed by atoms with van der Waals surface area (Å²) in [6, 6.07) is 8.69. The molecular formula is C16H23N3O3. The third-order valence-electron chi connectivity index (χ3n) is 4.10. The fourth-order valence-corrected chi connectivity index (χ4v) is 2.70. The molecule has 1 aromatic rings. The van der Waals surface area contributed by atoms with E-state index >= 15 is 0 Å².